The van der Waals surface area contributed by atoms with Crippen molar-refractivity contribution in [3.63, 3.8) is 0 Å². The van der Waals surface area contributed by atoms with Crippen molar-refractivity contribution in [2.45, 2.75) is 76.8 Å². The lowest BCUT2D eigenvalue weighted by Crippen LogP contribution is -2.45. The van der Waals surface area contributed by atoms with Crippen molar-refractivity contribution in [3.8, 4) is 0 Å². The number of hydrogen-bond donors (Lipinski definition) is 1. The van der Waals surface area contributed by atoms with E-state index < -0.39 is 0 Å². The molecular formula is C22H29N3O3. The van der Waals surface area contributed by atoms with Crippen molar-refractivity contribution in [3.05, 3.63) is 29.7 Å². The van der Waals surface area contributed by atoms with Gasteiger partial charge in [-0.15, -0.1) is 0 Å². The van der Waals surface area contributed by atoms with Gasteiger partial charge in [-0.2, -0.15) is 0 Å². The zero-order chi connectivity index (χ0) is 19.7. The van der Waals surface area contributed by atoms with Gasteiger partial charge in [0.05, 0.1) is 0 Å². The monoisotopic (exact) mass is 383 g/mol. The standard InChI is InChI=1S/C22H29N3O3/c1-14(2)25(13-17-9-11-20(26)23-17)22(27)16-8-10-18-19(12-16)28-21(24-18)15-6-4-3-5-7-15/h8,10,12,14-15,17H,3-7,9,11,13H2,1-2H3,(H,23,26). The predicted octanol–water partition coefficient (Wildman–Crippen LogP) is 4.00. The van der Waals surface area contributed by atoms with Crippen LogP contribution in [0, 0.1) is 0 Å². The maximum atomic E-state index is 13.2. The summed E-state index contributed by atoms with van der Waals surface area (Å²) >= 11 is 0. The zero-order valence-corrected chi connectivity index (χ0v) is 16.7. The van der Waals surface area contributed by atoms with Crippen LogP contribution in [0.15, 0.2) is 22.6 Å². The Labute approximate surface area is 165 Å². The third kappa shape index (κ3) is 3.91. The lowest BCUT2D eigenvalue weighted by atomic mass is 9.89. The number of carbonyl (C=O) groups excluding carboxylic acids is 2. The van der Waals surface area contributed by atoms with Gasteiger partial charge in [-0.3, -0.25) is 9.59 Å². The first kappa shape index (κ1) is 19.0. The maximum absolute atomic E-state index is 13.2. The highest BCUT2D eigenvalue weighted by Gasteiger charge is 2.28. The largest absolute Gasteiger partial charge is 0.440 e. The molecule has 1 saturated carbocycles. The van der Waals surface area contributed by atoms with E-state index in [0.29, 0.717) is 30.0 Å². The third-order valence-electron chi connectivity index (χ3n) is 5.99. The highest BCUT2D eigenvalue weighted by molar-refractivity contribution is 5.97. The van der Waals surface area contributed by atoms with Crippen molar-refractivity contribution in [1.82, 2.24) is 15.2 Å². The molecular weight excluding hydrogens is 354 g/mol. The van der Waals surface area contributed by atoms with Crippen LogP contribution in [0.3, 0.4) is 0 Å². The fraction of sp³-hybridized carbons (Fsp3) is 0.591. The van der Waals surface area contributed by atoms with Crippen molar-refractivity contribution < 1.29 is 14.0 Å². The van der Waals surface area contributed by atoms with Crippen LogP contribution in [0.4, 0.5) is 0 Å². The van der Waals surface area contributed by atoms with E-state index in [4.69, 9.17) is 4.42 Å². The molecule has 6 nitrogen and oxygen atoms in total. The van der Waals surface area contributed by atoms with Crippen LogP contribution in [-0.2, 0) is 4.79 Å². The molecule has 2 heterocycles. The topological polar surface area (TPSA) is 75.4 Å². The molecule has 0 bridgehead atoms. The summed E-state index contributed by atoms with van der Waals surface area (Å²) in [5.74, 6) is 1.25. The molecule has 1 aromatic heterocycles. The number of oxazole rings is 1. The Balaban J connectivity index is 1.54. The molecule has 4 rings (SSSR count). The Bertz CT molecular complexity index is 867. The number of nitrogens with one attached hydrogen (secondary N) is 1. The molecule has 2 amide bonds. The minimum atomic E-state index is -0.0336. The highest BCUT2D eigenvalue weighted by Crippen LogP contribution is 2.34. The molecule has 1 aliphatic carbocycles. The molecule has 1 atom stereocenters. The molecule has 1 N–H and O–H groups in total. The van der Waals surface area contributed by atoms with Gasteiger partial charge in [0.1, 0.15) is 5.52 Å². The average molecular weight is 383 g/mol. The summed E-state index contributed by atoms with van der Waals surface area (Å²) in [6.45, 7) is 4.54. The van der Waals surface area contributed by atoms with Gasteiger partial charge < -0.3 is 14.6 Å². The Morgan fingerprint density at radius 3 is 2.71 bits per heavy atom. The maximum Gasteiger partial charge on any atom is 0.254 e. The Morgan fingerprint density at radius 2 is 2.04 bits per heavy atom. The second-order valence-electron chi connectivity index (χ2n) is 8.42. The average Bonchev–Trinajstić information content (AvgIpc) is 3.31. The summed E-state index contributed by atoms with van der Waals surface area (Å²) in [6, 6.07) is 5.62. The molecule has 2 aromatic rings. The van der Waals surface area contributed by atoms with E-state index in [1.165, 1.54) is 19.3 Å². The first-order valence-electron chi connectivity index (χ1n) is 10.5. The second-order valence-corrected chi connectivity index (χ2v) is 8.42. The molecule has 2 fully saturated rings. The number of carbonyl (C=O) groups is 2. The lowest BCUT2D eigenvalue weighted by molar-refractivity contribution is -0.119. The van der Waals surface area contributed by atoms with Crippen molar-refractivity contribution in [1.29, 1.82) is 0 Å². The fourth-order valence-electron chi connectivity index (χ4n) is 4.35. The van der Waals surface area contributed by atoms with Gasteiger partial charge in [-0.05, 0) is 51.3 Å². The highest BCUT2D eigenvalue weighted by atomic mass is 16.3. The Hall–Kier alpha value is -2.37. The molecule has 150 valence electrons. The molecule has 0 radical (unpaired) electrons. The van der Waals surface area contributed by atoms with E-state index >= 15 is 0 Å². The smallest absolute Gasteiger partial charge is 0.254 e. The zero-order valence-electron chi connectivity index (χ0n) is 16.7. The molecule has 1 unspecified atom stereocenters. The van der Waals surface area contributed by atoms with E-state index in [1.54, 1.807) is 0 Å². The predicted molar refractivity (Wildman–Crippen MR) is 107 cm³/mol. The molecule has 0 spiro atoms. The number of aromatic nitrogens is 1. The number of rotatable bonds is 5. The van der Waals surface area contributed by atoms with Gasteiger partial charge >= 0.3 is 0 Å². The van der Waals surface area contributed by atoms with Crippen molar-refractivity contribution in [2.24, 2.45) is 0 Å². The first-order valence-corrected chi connectivity index (χ1v) is 10.5. The molecule has 1 aromatic carbocycles. The van der Waals surface area contributed by atoms with Crippen molar-refractivity contribution >= 4 is 22.9 Å². The number of amides is 2. The lowest BCUT2D eigenvalue weighted by Gasteiger charge is -2.29. The summed E-state index contributed by atoms with van der Waals surface area (Å²) in [5.41, 5.74) is 2.11. The fourth-order valence-corrected chi connectivity index (χ4v) is 4.35. The summed E-state index contributed by atoms with van der Waals surface area (Å²) in [4.78, 5) is 31.1. The number of hydrogen-bond acceptors (Lipinski definition) is 4. The Kier molecular flexibility index (Phi) is 5.38. The summed E-state index contributed by atoms with van der Waals surface area (Å²) in [7, 11) is 0. The first-order chi connectivity index (χ1) is 13.5. The van der Waals surface area contributed by atoms with Crippen LogP contribution in [0.1, 0.15) is 81.0 Å². The van der Waals surface area contributed by atoms with Crippen LogP contribution in [0.5, 0.6) is 0 Å². The summed E-state index contributed by atoms with van der Waals surface area (Å²) < 4.78 is 6.05. The second kappa shape index (κ2) is 7.94. The normalized spacial score (nSPS) is 20.7. The molecule has 28 heavy (non-hydrogen) atoms. The molecule has 6 heteroatoms. The summed E-state index contributed by atoms with van der Waals surface area (Å²) in [5, 5.41) is 2.95. The summed E-state index contributed by atoms with van der Waals surface area (Å²) in [6.07, 6.45) is 7.34. The van der Waals surface area contributed by atoms with Gasteiger partial charge in [0, 0.05) is 36.5 Å². The van der Waals surface area contributed by atoms with Crippen LogP contribution >= 0.6 is 0 Å². The molecule has 1 saturated heterocycles. The molecule has 1 aliphatic heterocycles. The van der Waals surface area contributed by atoms with Crippen molar-refractivity contribution in [2.75, 3.05) is 6.54 Å². The number of nitrogens with zero attached hydrogens (tertiary/aromatic N) is 2. The van der Waals surface area contributed by atoms with Crippen LogP contribution in [0.25, 0.3) is 11.1 Å². The van der Waals surface area contributed by atoms with Gasteiger partial charge in [-0.1, -0.05) is 19.3 Å². The SMILES string of the molecule is CC(C)N(CC1CCC(=O)N1)C(=O)c1ccc2nc(C3CCCCC3)oc2c1. The number of fused-ring (bicyclic) bond motifs is 1. The minimum Gasteiger partial charge on any atom is -0.440 e. The van der Waals surface area contributed by atoms with Gasteiger partial charge in [0.25, 0.3) is 5.91 Å². The van der Waals surface area contributed by atoms with Crippen LogP contribution in [0.2, 0.25) is 0 Å². The minimum absolute atomic E-state index is 0.0331. The van der Waals surface area contributed by atoms with E-state index in [9.17, 15) is 9.59 Å². The van der Waals surface area contributed by atoms with Gasteiger partial charge in [0.15, 0.2) is 11.5 Å². The van der Waals surface area contributed by atoms with E-state index in [2.05, 4.69) is 10.3 Å². The van der Waals surface area contributed by atoms with E-state index in [0.717, 1.165) is 30.7 Å². The third-order valence-corrected chi connectivity index (χ3v) is 5.99. The van der Waals surface area contributed by atoms with E-state index in [1.807, 2.05) is 36.9 Å². The number of benzene rings is 1. The molecule has 2 aliphatic rings. The van der Waals surface area contributed by atoms with Crippen LogP contribution < -0.4 is 5.32 Å². The van der Waals surface area contributed by atoms with Gasteiger partial charge in [-0.25, -0.2) is 4.98 Å². The van der Waals surface area contributed by atoms with Crippen LogP contribution in [-0.4, -0.2) is 40.3 Å². The Morgan fingerprint density at radius 1 is 1.25 bits per heavy atom. The quantitative estimate of drug-likeness (QED) is 0.847. The van der Waals surface area contributed by atoms with E-state index in [-0.39, 0.29) is 23.9 Å². The van der Waals surface area contributed by atoms with Gasteiger partial charge in [0.2, 0.25) is 5.91 Å².